The van der Waals surface area contributed by atoms with E-state index in [1.807, 2.05) is 34.7 Å². The molecule has 0 aliphatic carbocycles. The van der Waals surface area contributed by atoms with E-state index < -0.39 is 0 Å². The predicted octanol–water partition coefficient (Wildman–Crippen LogP) is 6.00. The van der Waals surface area contributed by atoms with Gasteiger partial charge in [0.1, 0.15) is 11.9 Å². The molecular formula is C31H30AuBN2O-. The van der Waals surface area contributed by atoms with Crippen molar-refractivity contribution in [2.45, 2.75) is 39.5 Å². The van der Waals surface area contributed by atoms with E-state index in [-0.39, 0.29) is 29.3 Å². The number of para-hydroxylation sites is 3. The van der Waals surface area contributed by atoms with Gasteiger partial charge in [-0.05, 0) is 39.8 Å². The SMILES string of the molecule is CC(C)c1cccc(C(C)C)c1OB1[C-]=[n+]2ccccc2=C1.[Au].c1ccc2c(c1)[n-]c1ccccc12. The monoisotopic (exact) mass is 654 g/mol. The van der Waals surface area contributed by atoms with Crippen molar-refractivity contribution in [3.63, 3.8) is 0 Å². The summed E-state index contributed by atoms with van der Waals surface area (Å²) in [6.07, 6.45) is 5.36. The van der Waals surface area contributed by atoms with Crippen molar-refractivity contribution < 1.29 is 31.3 Å². The standard InChI is InChI=1S/C19H22BNO.C12H8N.Au/c1-14(2)17-9-7-10-18(15(3)4)19(17)22-20-12-16-8-5-6-11-21(16)13-20;1-3-7-11-9(5-1)10-6-2-4-8-12(10)13-11;/h5-12,14-15H,1-4H3;1-8H;/q;-1;. The third-order valence-corrected chi connectivity index (χ3v) is 6.38. The molecule has 0 bridgehead atoms. The van der Waals surface area contributed by atoms with Crippen LogP contribution in [0.4, 0.5) is 0 Å². The number of hydrogen-bond acceptors (Lipinski definition) is 1. The van der Waals surface area contributed by atoms with Crippen LogP contribution in [-0.2, 0) is 22.4 Å². The third-order valence-electron chi connectivity index (χ3n) is 6.38. The van der Waals surface area contributed by atoms with Gasteiger partial charge in [-0.2, -0.15) is 0 Å². The summed E-state index contributed by atoms with van der Waals surface area (Å²) in [7, 11) is 0. The van der Waals surface area contributed by atoms with Crippen LogP contribution < -0.4 is 19.2 Å². The third kappa shape index (κ3) is 5.36. The predicted molar refractivity (Wildman–Crippen MR) is 145 cm³/mol. The Morgan fingerprint density at radius 2 is 1.28 bits per heavy atom. The first-order valence-corrected chi connectivity index (χ1v) is 12.3. The quantitative estimate of drug-likeness (QED) is 0.135. The van der Waals surface area contributed by atoms with E-state index in [0.29, 0.717) is 11.8 Å². The Kier molecular flexibility index (Phi) is 8.20. The smallest absolute Gasteiger partial charge is 0.403 e. The Morgan fingerprint density at radius 3 is 1.83 bits per heavy atom. The van der Waals surface area contributed by atoms with E-state index in [9.17, 15) is 0 Å². The van der Waals surface area contributed by atoms with Gasteiger partial charge >= 0.3 is 6.92 Å². The Bertz CT molecular complexity index is 1490. The van der Waals surface area contributed by atoms with Gasteiger partial charge in [0.25, 0.3) is 0 Å². The number of fused-ring (bicyclic) bond motifs is 4. The molecule has 1 aliphatic heterocycles. The minimum atomic E-state index is -0.139. The van der Waals surface area contributed by atoms with Gasteiger partial charge in [-0.15, -0.1) is 11.0 Å². The number of pyridine rings is 1. The zero-order valence-corrected chi connectivity index (χ0v) is 23.2. The number of aromatic nitrogens is 2. The van der Waals surface area contributed by atoms with Gasteiger partial charge in [-0.25, -0.2) is 0 Å². The van der Waals surface area contributed by atoms with Gasteiger partial charge in [0, 0.05) is 22.4 Å². The second-order valence-corrected chi connectivity index (χ2v) is 9.55. The van der Waals surface area contributed by atoms with Crippen LogP contribution in [0.1, 0.15) is 50.7 Å². The minimum absolute atomic E-state index is 0. The zero-order valence-electron chi connectivity index (χ0n) is 21.1. The Balaban J connectivity index is 0.000000185. The second kappa shape index (κ2) is 11.3. The van der Waals surface area contributed by atoms with Gasteiger partial charge in [0.05, 0.1) is 11.5 Å². The first-order valence-electron chi connectivity index (χ1n) is 12.3. The molecule has 5 aromatic rings. The maximum absolute atomic E-state index is 6.36. The summed E-state index contributed by atoms with van der Waals surface area (Å²) in [5.41, 5.74) is 4.71. The van der Waals surface area contributed by atoms with Crippen LogP contribution in [0.15, 0.2) is 91.1 Å². The van der Waals surface area contributed by atoms with Crippen LogP contribution in [-0.4, -0.2) is 6.92 Å². The molecule has 0 amide bonds. The number of nitrogens with zero attached hydrogens (tertiary/aromatic N) is 2. The molecule has 3 aromatic carbocycles. The largest absolute Gasteiger partial charge is 0.657 e. The van der Waals surface area contributed by atoms with Gasteiger partial charge in [0.2, 0.25) is 0 Å². The molecule has 0 N–H and O–H groups in total. The van der Waals surface area contributed by atoms with Gasteiger partial charge in [0.15, 0.2) is 0 Å². The summed E-state index contributed by atoms with van der Waals surface area (Å²) in [6, 6.07) is 29.1. The van der Waals surface area contributed by atoms with E-state index >= 15 is 0 Å². The van der Waals surface area contributed by atoms with Crippen LogP contribution in [0.5, 0.6) is 5.75 Å². The molecule has 0 spiro atoms. The summed E-state index contributed by atoms with van der Waals surface area (Å²) < 4.78 is 8.35. The maximum atomic E-state index is 6.36. The van der Waals surface area contributed by atoms with E-state index in [2.05, 4.69) is 105 Å². The first kappa shape index (κ1) is 26.0. The average molecular weight is 654 g/mol. The number of benzene rings is 3. The van der Waals surface area contributed by atoms with Crippen molar-refractivity contribution in [1.82, 2.24) is 4.98 Å². The molecule has 1 aliphatic rings. The van der Waals surface area contributed by atoms with Gasteiger partial charge in [-0.3, -0.25) is 0 Å². The Labute approximate surface area is 229 Å². The molecule has 36 heavy (non-hydrogen) atoms. The van der Waals surface area contributed by atoms with Gasteiger partial charge in [-0.1, -0.05) is 113 Å². The van der Waals surface area contributed by atoms with Gasteiger partial charge < -0.3 is 13.9 Å². The molecule has 3 nitrogen and oxygen atoms in total. The minimum Gasteiger partial charge on any atom is -0.657 e. The van der Waals surface area contributed by atoms with E-state index in [0.717, 1.165) is 22.1 Å². The first-order chi connectivity index (χ1) is 17.0. The van der Waals surface area contributed by atoms with Crippen molar-refractivity contribution in [3.05, 3.63) is 114 Å². The fraction of sp³-hybridized carbons (Fsp3) is 0.194. The van der Waals surface area contributed by atoms with E-state index in [1.54, 1.807) is 0 Å². The number of rotatable bonds is 4. The van der Waals surface area contributed by atoms with Crippen molar-refractivity contribution in [2.75, 3.05) is 0 Å². The van der Waals surface area contributed by atoms with Crippen molar-refractivity contribution in [2.24, 2.45) is 0 Å². The van der Waals surface area contributed by atoms with Crippen molar-refractivity contribution in [1.29, 1.82) is 0 Å². The molecule has 0 fully saturated rings. The summed E-state index contributed by atoms with van der Waals surface area (Å²) in [4.78, 5) is 4.52. The van der Waals surface area contributed by atoms with Crippen LogP contribution in [0.2, 0.25) is 0 Å². The number of hydrogen-bond donors (Lipinski definition) is 0. The fourth-order valence-electron chi connectivity index (χ4n) is 4.57. The molecule has 5 heteroatoms. The molecule has 3 heterocycles. The van der Waals surface area contributed by atoms with Crippen LogP contribution in [0, 0.1) is 6.11 Å². The average Bonchev–Trinajstić information content (AvgIpc) is 3.45. The zero-order chi connectivity index (χ0) is 24.4. The van der Waals surface area contributed by atoms with Crippen LogP contribution in [0.3, 0.4) is 0 Å². The summed E-state index contributed by atoms with van der Waals surface area (Å²) in [6.45, 7) is 8.70. The molecular weight excluding hydrogens is 624 g/mol. The maximum Gasteiger partial charge on any atom is 0.403 e. The molecule has 0 saturated carbocycles. The Morgan fingerprint density at radius 1 is 0.722 bits per heavy atom. The van der Waals surface area contributed by atoms with Crippen LogP contribution in [0.25, 0.3) is 27.8 Å². The fourth-order valence-corrected chi connectivity index (χ4v) is 4.57. The normalized spacial score (nSPS) is 12.0. The van der Waals surface area contributed by atoms with Crippen molar-refractivity contribution in [3.8, 4) is 5.75 Å². The van der Waals surface area contributed by atoms with Crippen LogP contribution >= 0.6 is 0 Å². The van der Waals surface area contributed by atoms with Crippen molar-refractivity contribution >= 4 is 34.7 Å². The molecule has 1 radical (unpaired) electrons. The Hall–Kier alpha value is -3.04. The molecule has 6 rings (SSSR count). The molecule has 185 valence electrons. The molecule has 2 aromatic heterocycles. The second-order valence-electron chi connectivity index (χ2n) is 9.55. The molecule has 0 saturated heterocycles. The van der Waals surface area contributed by atoms with E-state index in [4.69, 9.17) is 4.65 Å². The van der Waals surface area contributed by atoms with E-state index in [1.165, 1.54) is 21.9 Å². The summed E-state index contributed by atoms with van der Waals surface area (Å²) in [5.74, 6) is 4.01. The topological polar surface area (TPSA) is 29.2 Å². The molecule has 0 atom stereocenters. The summed E-state index contributed by atoms with van der Waals surface area (Å²) in [5, 5.41) is 3.62. The summed E-state index contributed by atoms with van der Waals surface area (Å²) >= 11 is 0. The molecule has 0 unspecified atom stereocenters.